The van der Waals surface area contributed by atoms with E-state index >= 15 is 0 Å². The zero-order chi connectivity index (χ0) is 27.1. The van der Waals surface area contributed by atoms with Gasteiger partial charge in [-0.15, -0.1) is 0 Å². The lowest BCUT2D eigenvalue weighted by molar-refractivity contribution is -0.929. The van der Waals surface area contributed by atoms with Crippen LogP contribution in [0.2, 0.25) is 0 Å². The van der Waals surface area contributed by atoms with Crippen LogP contribution < -0.4 is 12.4 Å². The Labute approximate surface area is 250 Å². The first-order valence-corrected chi connectivity index (χ1v) is 18.1. The number of unbranched alkanes of at least 4 members (excludes halogenated alkanes) is 24. The number of hydrogen-bond acceptors (Lipinski definition) is 0. The zero-order valence-corrected chi connectivity index (χ0v) is 28.2. The minimum atomic E-state index is 0. The van der Waals surface area contributed by atoms with Gasteiger partial charge in [-0.2, -0.15) is 0 Å². The number of rotatable bonds is 32. The molecular weight excluding hydrogens is 482 g/mol. The van der Waals surface area contributed by atoms with Crippen molar-refractivity contribution in [1.29, 1.82) is 0 Å². The molecule has 38 heavy (non-hydrogen) atoms. The molecule has 0 heterocycles. The largest absolute Gasteiger partial charge is 1.00 e. The molecule has 0 N–H and O–H groups in total. The normalized spacial score (nSPS) is 11.7. The molecule has 0 aromatic rings. The van der Waals surface area contributed by atoms with Crippen LogP contribution in [-0.2, 0) is 0 Å². The maximum Gasteiger partial charge on any atom is 0.0786 e. The Bertz CT molecular complexity index is 372. The third kappa shape index (κ3) is 27.8. The van der Waals surface area contributed by atoms with Crippen molar-refractivity contribution in [1.82, 2.24) is 0 Å². The van der Waals surface area contributed by atoms with E-state index in [4.69, 9.17) is 0 Å². The van der Waals surface area contributed by atoms with E-state index < -0.39 is 0 Å². The summed E-state index contributed by atoms with van der Waals surface area (Å²) < 4.78 is 1.48. The van der Waals surface area contributed by atoms with Gasteiger partial charge in [-0.1, -0.05) is 156 Å². The molecule has 0 bridgehead atoms. The van der Waals surface area contributed by atoms with Crippen molar-refractivity contribution >= 4 is 0 Å². The number of quaternary nitrogens is 1. The first-order chi connectivity index (χ1) is 18.2. The van der Waals surface area contributed by atoms with Crippen molar-refractivity contribution in [3.8, 4) is 0 Å². The summed E-state index contributed by atoms with van der Waals surface area (Å²) in [7, 11) is 0. The van der Waals surface area contributed by atoms with Crippen LogP contribution in [0, 0.1) is 0 Å². The van der Waals surface area contributed by atoms with Gasteiger partial charge in [0.1, 0.15) is 0 Å². The van der Waals surface area contributed by atoms with Gasteiger partial charge in [-0.25, -0.2) is 0 Å². The summed E-state index contributed by atoms with van der Waals surface area (Å²) in [5.74, 6) is 0. The van der Waals surface area contributed by atoms with E-state index in [1.165, 1.54) is 210 Å². The van der Waals surface area contributed by atoms with E-state index in [0.717, 1.165) is 0 Å². The van der Waals surface area contributed by atoms with E-state index in [9.17, 15) is 0 Å². The van der Waals surface area contributed by atoms with Gasteiger partial charge >= 0.3 is 0 Å². The quantitative estimate of drug-likeness (QED) is 0.0570. The Morgan fingerprint density at radius 3 is 0.579 bits per heavy atom. The second kappa shape index (κ2) is 33.5. The molecule has 0 saturated carbocycles. The average molecular weight is 558 g/mol. The summed E-state index contributed by atoms with van der Waals surface area (Å²) in [6.45, 7) is 15.3. The van der Waals surface area contributed by atoms with Crippen molar-refractivity contribution in [2.45, 2.75) is 207 Å². The van der Waals surface area contributed by atoms with Crippen LogP contribution in [0.25, 0.3) is 0 Å². The Morgan fingerprint density at radius 1 is 0.237 bits per heavy atom. The van der Waals surface area contributed by atoms with E-state index in [2.05, 4.69) is 27.7 Å². The molecule has 0 radical (unpaired) electrons. The number of hydrogen-bond donors (Lipinski definition) is 0. The van der Waals surface area contributed by atoms with Crippen molar-refractivity contribution < 1.29 is 16.9 Å². The molecule has 2 heteroatoms. The topological polar surface area (TPSA) is 0 Å². The van der Waals surface area contributed by atoms with Gasteiger partial charge in [0.2, 0.25) is 0 Å². The fourth-order valence-electron chi connectivity index (χ4n) is 6.29. The minimum Gasteiger partial charge on any atom is -1.00 e. The summed E-state index contributed by atoms with van der Waals surface area (Å²) in [5.41, 5.74) is 0. The molecule has 0 unspecified atom stereocenters. The fourth-order valence-corrected chi connectivity index (χ4v) is 6.29. The highest BCUT2D eigenvalue weighted by Gasteiger charge is 2.25. The molecule has 1 nitrogen and oxygen atoms in total. The van der Waals surface area contributed by atoms with Crippen LogP contribution in [0.3, 0.4) is 0 Å². The Morgan fingerprint density at radius 2 is 0.395 bits per heavy atom. The molecule has 0 aromatic heterocycles. The van der Waals surface area contributed by atoms with Gasteiger partial charge in [0.15, 0.2) is 0 Å². The number of nitrogens with zero attached hydrogens (tertiary/aromatic N) is 1. The third-order valence-corrected chi connectivity index (χ3v) is 8.94. The van der Waals surface area contributed by atoms with E-state index in [-0.39, 0.29) is 12.4 Å². The minimum absolute atomic E-state index is 0. The molecule has 0 saturated heterocycles. The maximum atomic E-state index is 2.34. The summed E-state index contributed by atoms with van der Waals surface area (Å²) in [6, 6.07) is 0. The first kappa shape index (κ1) is 40.4. The number of halogens is 1. The average Bonchev–Trinajstić information content (AvgIpc) is 2.91. The molecule has 0 aromatic carbocycles. The van der Waals surface area contributed by atoms with Gasteiger partial charge in [0.25, 0.3) is 0 Å². The second-order valence-corrected chi connectivity index (χ2v) is 12.7. The van der Waals surface area contributed by atoms with Crippen LogP contribution in [0.4, 0.5) is 0 Å². The van der Waals surface area contributed by atoms with Crippen LogP contribution in [0.15, 0.2) is 0 Å². The van der Waals surface area contributed by atoms with Gasteiger partial charge < -0.3 is 16.9 Å². The smallest absolute Gasteiger partial charge is 0.0786 e. The van der Waals surface area contributed by atoms with Crippen molar-refractivity contribution in [3.05, 3.63) is 0 Å². The Kier molecular flexibility index (Phi) is 35.6. The summed E-state index contributed by atoms with van der Waals surface area (Å²) in [6.07, 6.45) is 40.7. The lowest BCUT2D eigenvalue weighted by atomic mass is 10.0. The van der Waals surface area contributed by atoms with E-state index in [0.29, 0.717) is 0 Å². The highest BCUT2D eigenvalue weighted by atomic mass is 35.5. The van der Waals surface area contributed by atoms with Gasteiger partial charge in [0.05, 0.1) is 26.2 Å². The maximum absolute atomic E-state index is 2.34. The molecule has 0 rings (SSSR count). The van der Waals surface area contributed by atoms with Crippen molar-refractivity contribution in [2.24, 2.45) is 0 Å². The van der Waals surface area contributed by atoms with E-state index in [1.807, 2.05) is 0 Å². The van der Waals surface area contributed by atoms with Crippen LogP contribution in [0.1, 0.15) is 207 Å². The summed E-state index contributed by atoms with van der Waals surface area (Å²) in [4.78, 5) is 0. The lowest BCUT2D eigenvalue weighted by Gasteiger charge is -2.40. The highest BCUT2D eigenvalue weighted by Crippen LogP contribution is 2.21. The summed E-state index contributed by atoms with van der Waals surface area (Å²) in [5, 5.41) is 0. The summed E-state index contributed by atoms with van der Waals surface area (Å²) >= 11 is 0. The molecular formula is C36H76ClN. The van der Waals surface area contributed by atoms with Gasteiger partial charge in [-0.05, 0) is 51.4 Å². The Hall–Kier alpha value is 0.250. The Balaban J connectivity index is 0. The van der Waals surface area contributed by atoms with E-state index in [1.54, 1.807) is 0 Å². The molecule has 0 fully saturated rings. The highest BCUT2D eigenvalue weighted by molar-refractivity contribution is 4.55. The van der Waals surface area contributed by atoms with Crippen LogP contribution in [-0.4, -0.2) is 30.7 Å². The molecule has 0 aliphatic rings. The van der Waals surface area contributed by atoms with Gasteiger partial charge in [0, 0.05) is 0 Å². The molecule has 0 amide bonds. The fraction of sp³-hybridized carbons (Fsp3) is 1.00. The van der Waals surface area contributed by atoms with Gasteiger partial charge in [-0.3, -0.25) is 0 Å². The van der Waals surface area contributed by atoms with Crippen molar-refractivity contribution in [3.63, 3.8) is 0 Å². The van der Waals surface area contributed by atoms with Crippen LogP contribution in [0.5, 0.6) is 0 Å². The second-order valence-electron chi connectivity index (χ2n) is 12.7. The molecule has 0 spiro atoms. The molecule has 0 aliphatic heterocycles. The monoisotopic (exact) mass is 558 g/mol. The zero-order valence-electron chi connectivity index (χ0n) is 27.5. The first-order valence-electron chi connectivity index (χ1n) is 18.1. The van der Waals surface area contributed by atoms with Crippen LogP contribution >= 0.6 is 0 Å². The SMILES string of the molecule is CCCCCCCCCC[N+](CCCCCCCC)(CCCCCCCC)CCCCCCCCCC.[Cl-]. The lowest BCUT2D eigenvalue weighted by Crippen LogP contribution is -3.00. The molecule has 0 atom stereocenters. The predicted octanol–water partition coefficient (Wildman–Crippen LogP) is 9.81. The predicted molar refractivity (Wildman–Crippen MR) is 172 cm³/mol. The standard InChI is InChI=1S/C36H76N.ClH/c1-5-9-13-17-21-23-27-31-35-37(33-29-25-19-15-11-7-3,34-30-26-20-16-12-8-4)36-32-28-24-22-18-14-10-6-2;/h5-36H2,1-4H3;1H/q+1;/p-1. The molecule has 232 valence electrons. The van der Waals surface area contributed by atoms with Crippen molar-refractivity contribution in [2.75, 3.05) is 26.2 Å². The molecule has 0 aliphatic carbocycles. The third-order valence-electron chi connectivity index (χ3n) is 8.94.